The predicted octanol–water partition coefficient (Wildman–Crippen LogP) is 4.53. The lowest BCUT2D eigenvalue weighted by Crippen LogP contribution is -2.45. The number of nitrogens with zero attached hydrogens (tertiary/aromatic N) is 3. The fourth-order valence-electron chi connectivity index (χ4n) is 3.92. The summed E-state index contributed by atoms with van der Waals surface area (Å²) in [5.74, 6) is 0. The van der Waals surface area contributed by atoms with Crippen LogP contribution >= 0.6 is 11.8 Å². The van der Waals surface area contributed by atoms with Crippen molar-refractivity contribution in [3.8, 4) is 0 Å². The van der Waals surface area contributed by atoms with Crippen molar-refractivity contribution in [1.29, 1.82) is 0 Å². The Morgan fingerprint density at radius 3 is 2.45 bits per heavy atom. The highest BCUT2D eigenvalue weighted by Gasteiger charge is 2.34. The smallest absolute Gasteiger partial charge is 0.397 e. The normalized spacial score (nSPS) is 17.9. The first-order chi connectivity index (χ1) is 13.8. The van der Waals surface area contributed by atoms with Gasteiger partial charge in [-0.1, -0.05) is 23.9 Å². The Hall–Kier alpha value is -1.90. The van der Waals surface area contributed by atoms with Crippen LogP contribution in [0.25, 0.3) is 0 Å². The maximum Gasteiger partial charge on any atom is 0.416 e. The third kappa shape index (κ3) is 4.34. The Labute approximate surface area is 173 Å². The van der Waals surface area contributed by atoms with Crippen LogP contribution in [0.15, 0.2) is 46.2 Å². The number of hydrogen-bond donors (Lipinski definition) is 1. The molecule has 0 saturated carbocycles. The maximum atomic E-state index is 13.3. The van der Waals surface area contributed by atoms with Gasteiger partial charge in [0.2, 0.25) is 0 Å². The molecule has 8 heteroatoms. The Morgan fingerprint density at radius 1 is 1.00 bits per heavy atom. The van der Waals surface area contributed by atoms with Gasteiger partial charge < -0.3 is 20.4 Å². The Morgan fingerprint density at radius 2 is 1.72 bits per heavy atom. The van der Waals surface area contributed by atoms with Crippen LogP contribution in [-0.2, 0) is 6.18 Å². The number of hydrogen-bond acceptors (Lipinski definition) is 5. The highest BCUT2D eigenvalue weighted by molar-refractivity contribution is 7.99. The van der Waals surface area contributed by atoms with Gasteiger partial charge in [0.05, 0.1) is 22.6 Å². The lowest BCUT2D eigenvalue weighted by Gasteiger charge is -2.36. The van der Waals surface area contributed by atoms with Crippen LogP contribution in [0.2, 0.25) is 0 Å². The molecule has 2 aromatic rings. The van der Waals surface area contributed by atoms with Gasteiger partial charge in [-0.05, 0) is 44.3 Å². The zero-order valence-corrected chi connectivity index (χ0v) is 17.2. The van der Waals surface area contributed by atoms with E-state index in [0.29, 0.717) is 17.1 Å². The van der Waals surface area contributed by atoms with E-state index < -0.39 is 11.7 Å². The number of likely N-dealkylation sites (N-methyl/N-ethyl adjacent to an activating group) is 1. The first-order valence-electron chi connectivity index (χ1n) is 9.79. The number of benzene rings is 2. The van der Waals surface area contributed by atoms with Gasteiger partial charge in [0, 0.05) is 42.5 Å². The second-order valence-electron chi connectivity index (χ2n) is 7.63. The Bertz CT molecular complexity index is 879. The average molecular weight is 423 g/mol. The van der Waals surface area contributed by atoms with Crippen molar-refractivity contribution < 1.29 is 13.2 Å². The van der Waals surface area contributed by atoms with Gasteiger partial charge in [0.15, 0.2) is 0 Å². The van der Waals surface area contributed by atoms with Crippen molar-refractivity contribution in [1.82, 2.24) is 9.80 Å². The lowest BCUT2D eigenvalue weighted by molar-refractivity contribution is -0.137. The molecule has 0 unspecified atom stereocenters. The molecule has 2 aromatic carbocycles. The number of anilines is 3. The third-order valence-electron chi connectivity index (χ3n) is 5.53. The van der Waals surface area contributed by atoms with E-state index in [4.69, 9.17) is 5.73 Å². The third-order valence-corrected chi connectivity index (χ3v) is 6.63. The molecule has 0 aromatic heterocycles. The first-order valence-corrected chi connectivity index (χ1v) is 10.6. The number of piperazine rings is 1. The molecule has 29 heavy (non-hydrogen) atoms. The molecule has 0 spiro atoms. The summed E-state index contributed by atoms with van der Waals surface area (Å²) in [6.45, 7) is 5.92. The summed E-state index contributed by atoms with van der Waals surface area (Å²) in [6.07, 6.45) is -3.49. The number of para-hydroxylation sites is 1. The van der Waals surface area contributed by atoms with Gasteiger partial charge in [0.25, 0.3) is 0 Å². The van der Waals surface area contributed by atoms with Crippen molar-refractivity contribution in [3.05, 3.63) is 42.0 Å². The van der Waals surface area contributed by atoms with Crippen LogP contribution in [0.1, 0.15) is 12.0 Å². The van der Waals surface area contributed by atoms with E-state index in [1.807, 2.05) is 24.3 Å². The van der Waals surface area contributed by atoms with Crippen LogP contribution in [0, 0.1) is 0 Å². The topological polar surface area (TPSA) is 35.7 Å². The monoisotopic (exact) mass is 422 g/mol. The van der Waals surface area contributed by atoms with Crippen molar-refractivity contribution in [3.63, 3.8) is 0 Å². The fraction of sp³-hybridized carbons (Fsp3) is 0.429. The van der Waals surface area contributed by atoms with Crippen molar-refractivity contribution in [2.45, 2.75) is 22.4 Å². The summed E-state index contributed by atoms with van der Waals surface area (Å²) in [4.78, 5) is 8.38. The Balaban J connectivity index is 1.58. The molecule has 0 atom stereocenters. The lowest BCUT2D eigenvalue weighted by atomic mass is 10.1. The molecule has 156 valence electrons. The average Bonchev–Trinajstić information content (AvgIpc) is 2.68. The van der Waals surface area contributed by atoms with Crippen molar-refractivity contribution in [2.75, 3.05) is 56.9 Å². The molecule has 0 bridgehead atoms. The molecular weight excluding hydrogens is 397 g/mol. The number of rotatable bonds is 4. The number of fused-ring (bicyclic) bond motifs is 2. The summed E-state index contributed by atoms with van der Waals surface area (Å²) >= 11 is 1.35. The molecule has 0 radical (unpaired) electrons. The maximum absolute atomic E-state index is 13.3. The van der Waals surface area contributed by atoms with E-state index in [-0.39, 0.29) is 5.69 Å². The molecule has 4 nitrogen and oxygen atoms in total. The van der Waals surface area contributed by atoms with Crippen molar-refractivity contribution in [2.24, 2.45) is 0 Å². The number of alkyl halides is 3. The van der Waals surface area contributed by atoms with Crippen LogP contribution in [0.5, 0.6) is 0 Å². The summed E-state index contributed by atoms with van der Waals surface area (Å²) < 4.78 is 39.8. The first kappa shape index (κ1) is 20.4. The quantitative estimate of drug-likeness (QED) is 0.733. The minimum absolute atomic E-state index is 0.177. The minimum Gasteiger partial charge on any atom is -0.397 e. The van der Waals surface area contributed by atoms with Crippen LogP contribution in [0.4, 0.5) is 30.2 Å². The van der Waals surface area contributed by atoms with Crippen LogP contribution in [-0.4, -0.2) is 56.1 Å². The summed E-state index contributed by atoms with van der Waals surface area (Å²) in [6, 6.07) is 10.1. The molecule has 1 saturated heterocycles. The summed E-state index contributed by atoms with van der Waals surface area (Å²) in [5, 5.41) is 0. The van der Waals surface area contributed by atoms with Crippen LogP contribution < -0.4 is 10.6 Å². The summed E-state index contributed by atoms with van der Waals surface area (Å²) in [7, 11) is 2.13. The molecule has 0 aliphatic carbocycles. The second kappa shape index (κ2) is 8.08. The zero-order chi connectivity index (χ0) is 20.6. The van der Waals surface area contributed by atoms with E-state index in [1.54, 1.807) is 0 Å². The molecule has 2 heterocycles. The van der Waals surface area contributed by atoms with E-state index in [9.17, 15) is 13.2 Å². The van der Waals surface area contributed by atoms with Gasteiger partial charge >= 0.3 is 6.18 Å². The molecule has 0 amide bonds. The molecule has 4 rings (SSSR count). The highest BCUT2D eigenvalue weighted by Crippen LogP contribution is 2.52. The number of halogens is 3. The van der Waals surface area contributed by atoms with E-state index in [0.717, 1.165) is 55.8 Å². The fourth-order valence-corrected chi connectivity index (χ4v) is 5.10. The van der Waals surface area contributed by atoms with Gasteiger partial charge in [-0.2, -0.15) is 13.2 Å². The van der Waals surface area contributed by atoms with Gasteiger partial charge in [-0.15, -0.1) is 0 Å². The van der Waals surface area contributed by atoms with E-state index in [1.165, 1.54) is 17.8 Å². The molecule has 2 aliphatic heterocycles. The molecule has 2 aliphatic rings. The van der Waals surface area contributed by atoms with E-state index in [2.05, 4.69) is 21.7 Å². The second-order valence-corrected chi connectivity index (χ2v) is 8.71. The van der Waals surface area contributed by atoms with Gasteiger partial charge in [-0.25, -0.2) is 0 Å². The predicted molar refractivity (Wildman–Crippen MR) is 112 cm³/mol. The standard InChI is InChI=1S/C21H25F3N4S/c1-26-9-11-27(12-10-26)7-4-8-28-17-5-2-3-6-18(17)29-19-14-15(21(22,23)24)13-16(25)20(19)28/h2-3,5-6,13-14H,4,7-12,25H2,1H3. The van der Waals surface area contributed by atoms with Gasteiger partial charge in [-0.3, -0.25) is 0 Å². The number of nitrogens with two attached hydrogens (primary N) is 1. The molecular formula is C21H25F3N4S. The van der Waals surface area contributed by atoms with Crippen molar-refractivity contribution >= 4 is 28.8 Å². The summed E-state index contributed by atoms with van der Waals surface area (Å²) in [5.41, 5.74) is 7.33. The number of nitrogen functional groups attached to an aromatic ring is 1. The largest absolute Gasteiger partial charge is 0.416 e. The molecule has 1 fully saturated rings. The van der Waals surface area contributed by atoms with Crippen LogP contribution in [0.3, 0.4) is 0 Å². The highest BCUT2D eigenvalue weighted by atomic mass is 32.2. The Kier molecular flexibility index (Phi) is 5.68. The van der Waals surface area contributed by atoms with E-state index >= 15 is 0 Å². The SMILES string of the molecule is CN1CCN(CCCN2c3ccccc3Sc3cc(C(F)(F)F)cc(N)c32)CC1. The zero-order valence-electron chi connectivity index (χ0n) is 16.4. The van der Waals surface area contributed by atoms with Gasteiger partial charge in [0.1, 0.15) is 0 Å². The minimum atomic E-state index is -4.41. The molecule has 2 N–H and O–H groups in total.